The fraction of sp³-hybridized carbons (Fsp3) is 0.708. The van der Waals surface area contributed by atoms with Gasteiger partial charge >= 0.3 is 5.69 Å². The van der Waals surface area contributed by atoms with E-state index in [9.17, 15) is 14.9 Å². The average molecular weight is 446 g/mol. The minimum atomic E-state index is -0.514. The summed E-state index contributed by atoms with van der Waals surface area (Å²) >= 11 is 0. The molecule has 8 heteroatoms. The van der Waals surface area contributed by atoms with Crippen molar-refractivity contribution in [2.45, 2.75) is 70.4 Å². The van der Waals surface area contributed by atoms with Crippen molar-refractivity contribution >= 4 is 11.6 Å². The number of nitrogens with zero attached hydrogens (tertiary/aromatic N) is 2. The predicted molar refractivity (Wildman–Crippen MR) is 121 cm³/mol. The van der Waals surface area contributed by atoms with Crippen molar-refractivity contribution in [3.63, 3.8) is 0 Å². The minimum Gasteiger partial charge on any atom is -0.496 e. The molecule has 1 aromatic carbocycles. The third-order valence-electron chi connectivity index (χ3n) is 7.43. The number of rotatable bonds is 8. The fourth-order valence-corrected chi connectivity index (χ4v) is 6.04. The van der Waals surface area contributed by atoms with Crippen molar-refractivity contribution in [3.05, 3.63) is 27.8 Å². The Labute approximate surface area is 189 Å². The van der Waals surface area contributed by atoms with E-state index in [0.29, 0.717) is 12.6 Å². The highest BCUT2D eigenvalue weighted by atomic mass is 16.6. The Morgan fingerprint density at radius 2 is 1.84 bits per heavy atom. The summed E-state index contributed by atoms with van der Waals surface area (Å²) in [7, 11) is 1.46. The molecule has 1 heterocycles. The number of nitro benzene ring substituents is 1. The molecule has 2 bridgehead atoms. The number of carbonyl (C=O) groups excluding carboxylic acids is 1. The third kappa shape index (κ3) is 4.70. The van der Waals surface area contributed by atoms with Crippen LogP contribution in [0.2, 0.25) is 0 Å². The number of carbonyl (C=O) groups is 1. The first-order valence-electron chi connectivity index (χ1n) is 12.1. The lowest BCUT2D eigenvalue weighted by molar-refractivity contribution is -0.385. The number of amides is 1. The van der Waals surface area contributed by atoms with Gasteiger partial charge in [0.2, 0.25) is 5.75 Å². The van der Waals surface area contributed by atoms with E-state index in [1.165, 1.54) is 57.8 Å². The standard InChI is InChI=1S/C24H35N3O5/c1-3-12-32-22-14-21(31-2)19(13-20(22)27(29)30)24(28)25-18-10-11-26(15-18)23-16-6-4-7-17(23)9-5-8-16/h13-14,16-18,23H,3-12,15H2,1-2H3,(H,25,28). The van der Waals surface area contributed by atoms with Crippen molar-refractivity contribution in [3.8, 4) is 11.5 Å². The molecule has 2 aliphatic carbocycles. The number of hydrogen-bond acceptors (Lipinski definition) is 6. The summed E-state index contributed by atoms with van der Waals surface area (Å²) in [6.45, 7) is 4.14. The second kappa shape index (κ2) is 10.1. The molecule has 1 aromatic rings. The van der Waals surface area contributed by atoms with Gasteiger partial charge in [0.1, 0.15) is 5.75 Å². The number of fused-ring (bicyclic) bond motifs is 2. The number of hydrogen-bond donors (Lipinski definition) is 1. The summed E-state index contributed by atoms with van der Waals surface area (Å²) < 4.78 is 10.9. The Kier molecular flexibility index (Phi) is 7.18. The Balaban J connectivity index is 1.45. The molecule has 1 atom stereocenters. The third-order valence-corrected chi connectivity index (χ3v) is 7.43. The summed E-state index contributed by atoms with van der Waals surface area (Å²) in [6.07, 6.45) is 9.69. The zero-order valence-corrected chi connectivity index (χ0v) is 19.2. The smallest absolute Gasteiger partial charge is 0.312 e. The molecule has 3 fully saturated rings. The summed E-state index contributed by atoms with van der Waals surface area (Å²) in [5, 5.41) is 14.7. The molecule has 1 N–H and O–H groups in total. The molecule has 0 radical (unpaired) electrons. The molecule has 1 aliphatic heterocycles. The maximum atomic E-state index is 13.1. The van der Waals surface area contributed by atoms with Crippen LogP contribution in [0, 0.1) is 22.0 Å². The van der Waals surface area contributed by atoms with Crippen LogP contribution >= 0.6 is 0 Å². The minimum absolute atomic E-state index is 0.0462. The van der Waals surface area contributed by atoms with Crippen LogP contribution in [0.4, 0.5) is 5.69 Å². The second-order valence-corrected chi connectivity index (χ2v) is 9.45. The topological polar surface area (TPSA) is 93.9 Å². The molecule has 0 aromatic heterocycles. The molecular formula is C24H35N3O5. The van der Waals surface area contributed by atoms with Crippen LogP contribution in [0.3, 0.4) is 0 Å². The van der Waals surface area contributed by atoms with Crippen molar-refractivity contribution in [2.24, 2.45) is 11.8 Å². The van der Waals surface area contributed by atoms with Gasteiger partial charge in [-0.3, -0.25) is 19.8 Å². The molecule has 8 nitrogen and oxygen atoms in total. The van der Waals surface area contributed by atoms with Crippen molar-refractivity contribution in [2.75, 3.05) is 26.8 Å². The summed E-state index contributed by atoms with van der Waals surface area (Å²) in [4.78, 5) is 26.7. The van der Waals surface area contributed by atoms with Crippen LogP contribution in [0.15, 0.2) is 12.1 Å². The number of likely N-dealkylation sites (tertiary alicyclic amines) is 1. The first-order chi connectivity index (χ1) is 15.5. The maximum absolute atomic E-state index is 13.1. The molecule has 32 heavy (non-hydrogen) atoms. The summed E-state index contributed by atoms with van der Waals surface area (Å²) in [5.41, 5.74) is -0.0384. The number of benzene rings is 1. The van der Waals surface area contributed by atoms with Crippen molar-refractivity contribution in [1.82, 2.24) is 10.2 Å². The van der Waals surface area contributed by atoms with Gasteiger partial charge in [-0.1, -0.05) is 19.8 Å². The van der Waals surface area contributed by atoms with Gasteiger partial charge < -0.3 is 14.8 Å². The first-order valence-corrected chi connectivity index (χ1v) is 12.1. The van der Waals surface area contributed by atoms with Crippen LogP contribution in [0.1, 0.15) is 68.6 Å². The van der Waals surface area contributed by atoms with E-state index in [1.807, 2.05) is 6.92 Å². The lowest BCUT2D eigenvalue weighted by Crippen LogP contribution is -2.50. The number of methoxy groups -OCH3 is 1. The highest BCUT2D eigenvalue weighted by Gasteiger charge is 2.42. The summed E-state index contributed by atoms with van der Waals surface area (Å²) in [6, 6.07) is 3.43. The van der Waals surface area contributed by atoms with Crippen LogP contribution < -0.4 is 14.8 Å². The molecule has 1 amide bonds. The van der Waals surface area contributed by atoms with E-state index in [2.05, 4.69) is 10.2 Å². The van der Waals surface area contributed by atoms with Gasteiger partial charge in [0, 0.05) is 37.3 Å². The lowest BCUT2D eigenvalue weighted by Gasteiger charge is -2.47. The van der Waals surface area contributed by atoms with Crippen LogP contribution in [-0.4, -0.2) is 54.6 Å². The van der Waals surface area contributed by atoms with Crippen molar-refractivity contribution in [1.29, 1.82) is 0 Å². The van der Waals surface area contributed by atoms with E-state index >= 15 is 0 Å². The number of nitrogens with one attached hydrogen (secondary N) is 1. The normalized spacial score (nSPS) is 27.7. The fourth-order valence-electron chi connectivity index (χ4n) is 6.04. The zero-order valence-electron chi connectivity index (χ0n) is 19.2. The molecule has 1 saturated heterocycles. The van der Waals surface area contributed by atoms with Gasteiger partial charge in [0.25, 0.3) is 5.91 Å². The molecule has 176 valence electrons. The SMILES string of the molecule is CCCOc1cc(OC)c(C(=O)NC2CCN(C3C4CCCC3CCC4)C2)cc1[N+](=O)[O-]. The zero-order chi connectivity index (χ0) is 22.7. The molecule has 0 spiro atoms. The quantitative estimate of drug-likeness (QED) is 0.477. The first kappa shape index (κ1) is 22.8. The Bertz CT molecular complexity index is 823. The van der Waals surface area contributed by atoms with E-state index in [4.69, 9.17) is 9.47 Å². The van der Waals surface area contributed by atoms with E-state index in [0.717, 1.165) is 37.8 Å². The van der Waals surface area contributed by atoms with Crippen LogP contribution in [0.5, 0.6) is 11.5 Å². The van der Waals surface area contributed by atoms with Gasteiger partial charge in [-0.05, 0) is 50.4 Å². The Morgan fingerprint density at radius 3 is 2.44 bits per heavy atom. The lowest BCUT2D eigenvalue weighted by atomic mass is 9.68. The van der Waals surface area contributed by atoms with E-state index < -0.39 is 4.92 Å². The van der Waals surface area contributed by atoms with Gasteiger partial charge in [-0.15, -0.1) is 0 Å². The van der Waals surface area contributed by atoms with Gasteiger partial charge in [0.15, 0.2) is 0 Å². The van der Waals surface area contributed by atoms with Crippen molar-refractivity contribution < 1.29 is 19.2 Å². The predicted octanol–water partition coefficient (Wildman–Crippen LogP) is 4.17. The van der Waals surface area contributed by atoms with Crippen LogP contribution in [0.25, 0.3) is 0 Å². The van der Waals surface area contributed by atoms with Crippen LogP contribution in [-0.2, 0) is 0 Å². The number of nitro groups is 1. The van der Waals surface area contributed by atoms with Gasteiger partial charge in [-0.2, -0.15) is 0 Å². The highest BCUT2D eigenvalue weighted by Crippen LogP contribution is 2.43. The largest absolute Gasteiger partial charge is 0.496 e. The monoisotopic (exact) mass is 445 g/mol. The molecule has 4 rings (SSSR count). The van der Waals surface area contributed by atoms with E-state index in [1.54, 1.807) is 0 Å². The Morgan fingerprint density at radius 1 is 1.16 bits per heavy atom. The average Bonchev–Trinajstić information content (AvgIpc) is 3.24. The van der Waals surface area contributed by atoms with E-state index in [-0.39, 0.29) is 34.7 Å². The van der Waals surface area contributed by atoms with Gasteiger partial charge in [-0.25, -0.2) is 0 Å². The van der Waals surface area contributed by atoms with Gasteiger partial charge in [0.05, 0.1) is 24.2 Å². The Hall–Kier alpha value is -2.35. The summed E-state index contributed by atoms with van der Waals surface area (Å²) in [5.74, 6) is 1.69. The molecular weight excluding hydrogens is 410 g/mol. The maximum Gasteiger partial charge on any atom is 0.312 e. The highest BCUT2D eigenvalue weighted by molar-refractivity contribution is 5.98. The molecule has 2 saturated carbocycles. The number of ether oxygens (including phenoxy) is 2. The second-order valence-electron chi connectivity index (χ2n) is 9.45. The molecule has 1 unspecified atom stereocenters. The molecule has 3 aliphatic rings.